The average Bonchev–Trinajstić information content (AvgIpc) is 3.10. The SMILES string of the molecule is COc1cc[c]([Zr+2][C]2(C)C=CC=C2C)c2c1-c1ccccc1C2.[Cl-].[Cl-]. The second-order valence-electron chi connectivity index (χ2n) is 6.54. The quantitative estimate of drug-likeness (QED) is 0.481. The molecule has 2 aliphatic rings. The number of ether oxygens (including phenoxy) is 1. The first kappa shape index (κ1) is 20.5. The zero-order chi connectivity index (χ0) is 16.0. The molecule has 0 spiro atoms. The van der Waals surface area contributed by atoms with E-state index in [1.165, 1.54) is 27.8 Å². The van der Waals surface area contributed by atoms with Crippen molar-refractivity contribution in [3.8, 4) is 16.9 Å². The number of fused-ring (bicyclic) bond motifs is 3. The fourth-order valence-corrected chi connectivity index (χ4v) is 7.42. The summed E-state index contributed by atoms with van der Waals surface area (Å²) in [6.07, 6.45) is 7.97. The molecule has 0 aromatic heterocycles. The summed E-state index contributed by atoms with van der Waals surface area (Å²) in [6, 6.07) is 13.3. The maximum absolute atomic E-state index is 5.68. The summed E-state index contributed by atoms with van der Waals surface area (Å²) in [6.45, 7) is 4.69. The van der Waals surface area contributed by atoms with E-state index in [4.69, 9.17) is 4.74 Å². The Morgan fingerprint density at radius 1 is 1.08 bits per heavy atom. The van der Waals surface area contributed by atoms with Crippen LogP contribution in [0.2, 0.25) is 3.12 Å². The molecule has 4 rings (SSSR count). The predicted octanol–water partition coefficient (Wildman–Crippen LogP) is -1.32. The van der Waals surface area contributed by atoms with Crippen LogP contribution in [-0.2, 0) is 29.7 Å². The average molecular weight is 451 g/mol. The molecule has 1 atom stereocenters. The van der Waals surface area contributed by atoms with Gasteiger partial charge in [0.05, 0.1) is 0 Å². The van der Waals surface area contributed by atoms with Crippen molar-refractivity contribution in [1.29, 1.82) is 0 Å². The number of allylic oxidation sites excluding steroid dienone is 4. The normalized spacial score (nSPS) is 19.1. The minimum Gasteiger partial charge on any atom is -1.00 e. The van der Waals surface area contributed by atoms with E-state index in [0.717, 1.165) is 12.2 Å². The number of hydrogen-bond acceptors (Lipinski definition) is 1. The molecular formula is C21H20Cl2OZr. The van der Waals surface area contributed by atoms with Crippen LogP contribution in [0.1, 0.15) is 25.0 Å². The van der Waals surface area contributed by atoms with Gasteiger partial charge in [-0.3, -0.25) is 0 Å². The van der Waals surface area contributed by atoms with Gasteiger partial charge in [0, 0.05) is 0 Å². The molecular weight excluding hydrogens is 430 g/mol. The molecule has 4 heteroatoms. The van der Waals surface area contributed by atoms with Gasteiger partial charge in [0.15, 0.2) is 0 Å². The van der Waals surface area contributed by atoms with Crippen molar-refractivity contribution in [1.82, 2.24) is 0 Å². The van der Waals surface area contributed by atoms with Crippen LogP contribution in [0.5, 0.6) is 5.75 Å². The van der Waals surface area contributed by atoms with E-state index in [-0.39, 0.29) is 24.8 Å². The molecule has 25 heavy (non-hydrogen) atoms. The molecule has 0 bridgehead atoms. The largest absolute Gasteiger partial charge is 1.00 e. The molecule has 0 amide bonds. The third kappa shape index (κ3) is 3.42. The summed E-state index contributed by atoms with van der Waals surface area (Å²) < 4.78 is 7.60. The van der Waals surface area contributed by atoms with Crippen molar-refractivity contribution >= 4 is 3.27 Å². The van der Waals surface area contributed by atoms with Crippen LogP contribution >= 0.6 is 0 Å². The molecule has 0 saturated heterocycles. The monoisotopic (exact) mass is 448 g/mol. The van der Waals surface area contributed by atoms with E-state index in [9.17, 15) is 0 Å². The van der Waals surface area contributed by atoms with Gasteiger partial charge >= 0.3 is 150 Å². The molecule has 0 heterocycles. The fourth-order valence-electron chi connectivity index (χ4n) is 3.61. The first-order chi connectivity index (χ1) is 11.1. The molecule has 0 radical (unpaired) electrons. The molecule has 2 aromatic rings. The maximum Gasteiger partial charge on any atom is -1.00 e. The van der Waals surface area contributed by atoms with E-state index >= 15 is 0 Å². The van der Waals surface area contributed by atoms with Crippen molar-refractivity contribution in [3.63, 3.8) is 0 Å². The van der Waals surface area contributed by atoms with Crippen molar-refractivity contribution < 1.29 is 52.8 Å². The third-order valence-electron chi connectivity index (χ3n) is 5.14. The summed E-state index contributed by atoms with van der Waals surface area (Å²) in [7, 11) is 1.78. The summed E-state index contributed by atoms with van der Waals surface area (Å²) >= 11 is -0.785. The second kappa shape index (κ2) is 7.82. The van der Waals surface area contributed by atoms with Crippen molar-refractivity contribution in [2.45, 2.75) is 23.4 Å². The number of hydrogen-bond donors (Lipinski definition) is 0. The van der Waals surface area contributed by atoms with Gasteiger partial charge in [0.2, 0.25) is 0 Å². The predicted molar refractivity (Wildman–Crippen MR) is 92.1 cm³/mol. The Kier molecular flexibility index (Phi) is 6.41. The third-order valence-corrected chi connectivity index (χ3v) is 9.61. The Hall–Kier alpha value is -0.817. The topological polar surface area (TPSA) is 9.23 Å². The second-order valence-corrected chi connectivity index (χ2v) is 11.0. The molecule has 1 nitrogen and oxygen atoms in total. The number of halogens is 2. The van der Waals surface area contributed by atoms with Gasteiger partial charge in [-0.05, 0) is 0 Å². The Bertz CT molecular complexity index is 857. The summed E-state index contributed by atoms with van der Waals surface area (Å²) in [5, 5.41) is 0. The molecule has 0 saturated carbocycles. The fraction of sp³-hybridized carbons (Fsp3) is 0.238. The van der Waals surface area contributed by atoms with Crippen LogP contribution < -0.4 is 32.8 Å². The summed E-state index contributed by atoms with van der Waals surface area (Å²) in [4.78, 5) is 0. The Labute approximate surface area is 173 Å². The molecule has 2 aromatic carbocycles. The molecule has 0 fully saturated rings. The zero-order valence-electron chi connectivity index (χ0n) is 14.6. The smallest absolute Gasteiger partial charge is 1.00 e. The first-order valence-corrected chi connectivity index (χ1v) is 10.5. The number of rotatable bonds is 3. The minimum atomic E-state index is -0.785. The summed E-state index contributed by atoms with van der Waals surface area (Å²) in [5.74, 6) is 1.02. The van der Waals surface area contributed by atoms with E-state index < -0.39 is 23.2 Å². The van der Waals surface area contributed by atoms with E-state index in [1.54, 1.807) is 10.4 Å². The number of methoxy groups -OCH3 is 1. The van der Waals surface area contributed by atoms with Crippen LogP contribution in [0.25, 0.3) is 11.1 Å². The standard InChI is InChI=1S/C14H11O.C7H9.2ClH.Zr/c1-15-13-8-4-6-11-9-10-5-2-3-7-12(10)14(11)13;1-6-4-3-5-7(6)2;;;/h2-5,7-8H,9H2,1H3;3-5H,1-2H3;2*1H;/q;;;;+2/p-2. The van der Waals surface area contributed by atoms with Gasteiger partial charge in [-0.15, -0.1) is 0 Å². The van der Waals surface area contributed by atoms with Gasteiger partial charge in [0.1, 0.15) is 0 Å². The van der Waals surface area contributed by atoms with Crippen molar-refractivity contribution in [2.24, 2.45) is 0 Å². The maximum atomic E-state index is 5.68. The van der Waals surface area contributed by atoms with E-state index in [1.807, 2.05) is 0 Å². The van der Waals surface area contributed by atoms with Crippen LogP contribution in [0, 0.1) is 0 Å². The van der Waals surface area contributed by atoms with Gasteiger partial charge in [-0.2, -0.15) is 0 Å². The van der Waals surface area contributed by atoms with E-state index in [2.05, 4.69) is 68.5 Å². The van der Waals surface area contributed by atoms with Crippen LogP contribution in [-0.4, -0.2) is 7.11 Å². The minimum absolute atomic E-state index is 0. The molecule has 2 aliphatic carbocycles. The molecule has 0 aliphatic heterocycles. The summed E-state index contributed by atoms with van der Waals surface area (Å²) in [5.41, 5.74) is 7.18. The molecule has 128 valence electrons. The van der Waals surface area contributed by atoms with Crippen molar-refractivity contribution in [3.05, 3.63) is 71.3 Å². The van der Waals surface area contributed by atoms with Gasteiger partial charge in [-0.25, -0.2) is 0 Å². The molecule has 1 unspecified atom stereocenters. The Morgan fingerprint density at radius 3 is 2.52 bits per heavy atom. The Morgan fingerprint density at radius 2 is 1.84 bits per heavy atom. The number of benzene rings is 2. The van der Waals surface area contributed by atoms with Gasteiger partial charge < -0.3 is 24.8 Å². The van der Waals surface area contributed by atoms with Crippen LogP contribution in [0.4, 0.5) is 0 Å². The zero-order valence-corrected chi connectivity index (χ0v) is 18.5. The van der Waals surface area contributed by atoms with Crippen molar-refractivity contribution in [2.75, 3.05) is 7.11 Å². The van der Waals surface area contributed by atoms with E-state index in [0.29, 0.717) is 3.12 Å². The van der Waals surface area contributed by atoms with Gasteiger partial charge in [-0.1, -0.05) is 0 Å². The first-order valence-electron chi connectivity index (χ1n) is 8.05. The van der Waals surface area contributed by atoms with Crippen LogP contribution in [0.3, 0.4) is 0 Å². The molecule has 0 N–H and O–H groups in total. The van der Waals surface area contributed by atoms with Crippen LogP contribution in [0.15, 0.2) is 60.2 Å². The Balaban J connectivity index is 0.00000113. The van der Waals surface area contributed by atoms with Gasteiger partial charge in [0.25, 0.3) is 0 Å².